The highest BCUT2D eigenvalue weighted by atomic mass is 35.5. The molecule has 0 saturated heterocycles. The summed E-state index contributed by atoms with van der Waals surface area (Å²) in [5.41, 5.74) is 0.897. The molecule has 0 radical (unpaired) electrons. The van der Waals surface area contributed by atoms with Crippen molar-refractivity contribution >= 4 is 23.0 Å². The summed E-state index contributed by atoms with van der Waals surface area (Å²) in [5.74, 6) is 1.30. The van der Waals surface area contributed by atoms with Crippen LogP contribution in [0.25, 0.3) is 5.57 Å². The van der Waals surface area contributed by atoms with Crippen LogP contribution in [0.2, 0.25) is 0 Å². The summed E-state index contributed by atoms with van der Waals surface area (Å²) < 4.78 is 0. The maximum absolute atomic E-state index is 6.02. The van der Waals surface area contributed by atoms with E-state index in [2.05, 4.69) is 25.6 Å². The van der Waals surface area contributed by atoms with Gasteiger partial charge in [-0.1, -0.05) is 11.6 Å². The second kappa shape index (κ2) is 3.57. The highest BCUT2D eigenvalue weighted by Gasteiger charge is 2.21. The van der Waals surface area contributed by atoms with Crippen LogP contribution in [0.1, 0.15) is 5.82 Å². The summed E-state index contributed by atoms with van der Waals surface area (Å²) in [7, 11) is 0. The van der Waals surface area contributed by atoms with Gasteiger partial charge < -0.3 is 4.90 Å². The van der Waals surface area contributed by atoms with Crippen molar-refractivity contribution in [2.24, 2.45) is 4.99 Å². The number of nitrogens with one attached hydrogen (secondary N) is 1. The smallest absolute Gasteiger partial charge is 0.204 e. The fourth-order valence-electron chi connectivity index (χ4n) is 1.57. The van der Waals surface area contributed by atoms with Gasteiger partial charge in [0.2, 0.25) is 5.82 Å². The van der Waals surface area contributed by atoms with E-state index in [1.165, 1.54) is 0 Å². The molecule has 80 valence electrons. The van der Waals surface area contributed by atoms with E-state index in [4.69, 9.17) is 11.6 Å². The lowest BCUT2D eigenvalue weighted by Gasteiger charge is -2.26. The van der Waals surface area contributed by atoms with E-state index in [9.17, 15) is 0 Å². The highest BCUT2D eigenvalue weighted by molar-refractivity contribution is 6.43. The molecule has 0 aliphatic carbocycles. The van der Waals surface area contributed by atoms with Crippen molar-refractivity contribution < 1.29 is 0 Å². The number of allylic oxidation sites excluding steroid dienone is 2. The van der Waals surface area contributed by atoms with E-state index < -0.39 is 0 Å². The third-order valence-corrected chi connectivity index (χ3v) is 2.61. The quantitative estimate of drug-likeness (QED) is 0.784. The van der Waals surface area contributed by atoms with Crippen molar-refractivity contribution in [1.82, 2.24) is 25.5 Å². The van der Waals surface area contributed by atoms with Crippen molar-refractivity contribution in [2.75, 3.05) is 6.54 Å². The molecule has 2 aliphatic rings. The van der Waals surface area contributed by atoms with Crippen LogP contribution in [0.4, 0.5) is 0 Å². The molecule has 0 fully saturated rings. The van der Waals surface area contributed by atoms with Gasteiger partial charge in [0.05, 0.1) is 11.6 Å². The second-order valence-corrected chi connectivity index (χ2v) is 3.73. The fourth-order valence-corrected chi connectivity index (χ4v) is 1.80. The molecule has 0 saturated carbocycles. The summed E-state index contributed by atoms with van der Waals surface area (Å²) in [6.07, 6.45) is 7.31. The Kier molecular flexibility index (Phi) is 2.07. The van der Waals surface area contributed by atoms with Gasteiger partial charge in [0.1, 0.15) is 0 Å². The number of amidine groups is 1. The lowest BCUT2D eigenvalue weighted by molar-refractivity contribution is 0.619. The summed E-state index contributed by atoms with van der Waals surface area (Å²) in [6, 6.07) is 0. The minimum Gasteiger partial charge on any atom is -0.327 e. The van der Waals surface area contributed by atoms with E-state index in [0.29, 0.717) is 17.4 Å². The second-order valence-electron chi connectivity index (χ2n) is 3.33. The lowest BCUT2D eigenvalue weighted by Crippen LogP contribution is -2.31. The average molecular weight is 235 g/mol. The molecule has 1 aromatic heterocycles. The van der Waals surface area contributed by atoms with Crippen LogP contribution >= 0.6 is 11.6 Å². The maximum atomic E-state index is 6.02. The molecule has 0 amide bonds. The Morgan fingerprint density at radius 2 is 2.38 bits per heavy atom. The predicted molar refractivity (Wildman–Crippen MR) is 59.4 cm³/mol. The van der Waals surface area contributed by atoms with E-state index >= 15 is 0 Å². The number of halogens is 1. The molecule has 0 atom stereocenters. The van der Waals surface area contributed by atoms with Crippen LogP contribution in [0.15, 0.2) is 34.6 Å². The summed E-state index contributed by atoms with van der Waals surface area (Å²) >= 11 is 6.02. The van der Waals surface area contributed by atoms with Gasteiger partial charge in [-0.3, -0.25) is 0 Å². The zero-order valence-electron chi connectivity index (χ0n) is 8.13. The van der Waals surface area contributed by atoms with Gasteiger partial charge in [-0.15, -0.1) is 10.2 Å². The Bertz CT molecular complexity index is 524. The van der Waals surface area contributed by atoms with Crippen molar-refractivity contribution in [3.63, 3.8) is 0 Å². The van der Waals surface area contributed by atoms with Crippen LogP contribution in [0, 0.1) is 0 Å². The third kappa shape index (κ3) is 1.43. The first kappa shape index (κ1) is 9.29. The first-order chi connectivity index (χ1) is 7.84. The van der Waals surface area contributed by atoms with Crippen LogP contribution in [-0.2, 0) is 0 Å². The van der Waals surface area contributed by atoms with Gasteiger partial charge in [0.15, 0.2) is 5.84 Å². The minimum absolute atomic E-state index is 0.557. The van der Waals surface area contributed by atoms with Crippen molar-refractivity contribution in [3.8, 4) is 0 Å². The number of aromatic nitrogens is 4. The normalized spacial score (nSPS) is 18.8. The van der Waals surface area contributed by atoms with Crippen molar-refractivity contribution in [1.29, 1.82) is 0 Å². The van der Waals surface area contributed by atoms with Gasteiger partial charge in [0.25, 0.3) is 0 Å². The zero-order chi connectivity index (χ0) is 11.0. The number of tetrazole rings is 1. The Morgan fingerprint density at radius 1 is 1.44 bits per heavy atom. The van der Waals surface area contributed by atoms with E-state index in [0.717, 1.165) is 11.4 Å². The number of fused-ring (bicyclic) bond motifs is 1. The number of rotatable bonds is 1. The molecule has 1 aromatic rings. The molecule has 0 unspecified atom stereocenters. The molecular formula is C9H7ClN6. The Balaban J connectivity index is 1.98. The van der Waals surface area contributed by atoms with Gasteiger partial charge in [-0.05, 0) is 17.4 Å². The molecule has 1 N–H and O–H groups in total. The van der Waals surface area contributed by atoms with Crippen molar-refractivity contribution in [2.45, 2.75) is 0 Å². The van der Waals surface area contributed by atoms with E-state index in [1.807, 2.05) is 23.3 Å². The number of nitrogens with zero attached hydrogens (tertiary/aromatic N) is 5. The number of H-pyrrole nitrogens is 1. The van der Waals surface area contributed by atoms with Crippen LogP contribution in [0.5, 0.6) is 0 Å². The monoisotopic (exact) mass is 234 g/mol. The summed E-state index contributed by atoms with van der Waals surface area (Å²) in [5, 5.41) is 14.4. The number of hydrogen-bond donors (Lipinski definition) is 1. The largest absolute Gasteiger partial charge is 0.327 e. The number of hydrogen-bond acceptors (Lipinski definition) is 5. The molecule has 3 rings (SSSR count). The first-order valence-electron chi connectivity index (χ1n) is 4.66. The maximum Gasteiger partial charge on any atom is 0.204 e. The molecule has 7 heteroatoms. The van der Waals surface area contributed by atoms with E-state index in [1.54, 1.807) is 6.20 Å². The predicted octanol–water partition coefficient (Wildman–Crippen LogP) is 0.905. The third-order valence-electron chi connectivity index (χ3n) is 2.31. The molecule has 6 nitrogen and oxygen atoms in total. The Labute approximate surface area is 96.0 Å². The van der Waals surface area contributed by atoms with Gasteiger partial charge in [-0.2, -0.15) is 5.21 Å². The molecule has 16 heavy (non-hydrogen) atoms. The van der Waals surface area contributed by atoms with E-state index in [-0.39, 0.29) is 0 Å². The SMILES string of the molecule is ClC1=CC=CN2CC(c3nn[nH]n3)=CN=C12. The van der Waals surface area contributed by atoms with Gasteiger partial charge in [-0.25, -0.2) is 4.99 Å². The first-order valence-corrected chi connectivity index (χ1v) is 5.04. The molecule has 3 heterocycles. The molecule has 2 aliphatic heterocycles. The average Bonchev–Trinajstić information content (AvgIpc) is 2.82. The number of aromatic amines is 1. The Morgan fingerprint density at radius 3 is 3.19 bits per heavy atom. The molecule has 0 bridgehead atoms. The molecule has 0 spiro atoms. The fraction of sp³-hybridized carbons (Fsp3) is 0.111. The molecule has 0 aromatic carbocycles. The lowest BCUT2D eigenvalue weighted by atomic mass is 10.2. The minimum atomic E-state index is 0.557. The topological polar surface area (TPSA) is 70.1 Å². The Hall–Kier alpha value is -1.95. The standard InChI is InChI=1S/C9H7ClN6/c10-7-2-1-3-16-5-6(4-11-9(7)16)8-12-14-15-13-8/h1-4H,5H2,(H,12,13,14,15). The van der Waals surface area contributed by atoms with Crippen LogP contribution in [-0.4, -0.2) is 37.9 Å². The molecular weight excluding hydrogens is 228 g/mol. The van der Waals surface area contributed by atoms with Crippen LogP contribution < -0.4 is 0 Å². The summed E-state index contributed by atoms with van der Waals surface area (Å²) in [4.78, 5) is 6.22. The van der Waals surface area contributed by atoms with Crippen molar-refractivity contribution in [3.05, 3.63) is 35.4 Å². The van der Waals surface area contributed by atoms with Gasteiger partial charge >= 0.3 is 0 Å². The summed E-state index contributed by atoms with van der Waals surface area (Å²) in [6.45, 7) is 0.638. The van der Waals surface area contributed by atoms with Gasteiger partial charge in [0, 0.05) is 18.0 Å². The highest BCUT2D eigenvalue weighted by Crippen LogP contribution is 2.22. The van der Waals surface area contributed by atoms with Crippen LogP contribution in [0.3, 0.4) is 0 Å². The zero-order valence-corrected chi connectivity index (χ0v) is 8.89. The number of aliphatic imine (C=N–C) groups is 1.